The van der Waals surface area contributed by atoms with Crippen LogP contribution in [0.1, 0.15) is 47.3 Å². The summed E-state index contributed by atoms with van der Waals surface area (Å²) in [4.78, 5) is 0.489. The number of benzene rings is 1. The second-order valence-corrected chi connectivity index (χ2v) is 5.59. The summed E-state index contributed by atoms with van der Waals surface area (Å²) in [6, 6.07) is 4.55. The van der Waals surface area contributed by atoms with Crippen LogP contribution in [0.3, 0.4) is 0 Å². The Morgan fingerprint density at radius 3 is 2.00 bits per heavy atom. The van der Waals surface area contributed by atoms with Crippen molar-refractivity contribution in [3.8, 4) is 0 Å². The molecule has 2 unspecified atom stereocenters. The van der Waals surface area contributed by atoms with Crippen LogP contribution >= 0.6 is 15.9 Å². The highest BCUT2D eigenvalue weighted by molar-refractivity contribution is 9.09. The SMILES string of the molecule is CCC(C)C(Br)c1c(C)cc(C)cc1C. The Kier molecular flexibility index (Phi) is 4.39. The third-order valence-corrected chi connectivity index (χ3v) is 4.52. The van der Waals surface area contributed by atoms with Gasteiger partial charge in [0.05, 0.1) is 0 Å². The van der Waals surface area contributed by atoms with Crippen molar-refractivity contribution in [1.29, 1.82) is 0 Å². The van der Waals surface area contributed by atoms with Gasteiger partial charge in [-0.2, -0.15) is 0 Å². The molecule has 0 radical (unpaired) electrons. The fraction of sp³-hybridized carbons (Fsp3) is 0.571. The summed E-state index contributed by atoms with van der Waals surface area (Å²) in [6.07, 6.45) is 1.21. The molecule has 0 aliphatic rings. The topological polar surface area (TPSA) is 0 Å². The second-order valence-electron chi connectivity index (χ2n) is 4.60. The standard InChI is InChI=1S/C14H21Br/c1-6-10(3)14(15)13-11(4)7-9(2)8-12(13)5/h7-8,10,14H,6H2,1-5H3. The maximum atomic E-state index is 3.84. The number of hydrogen-bond acceptors (Lipinski definition) is 0. The molecule has 0 aliphatic heterocycles. The minimum atomic E-state index is 0.489. The van der Waals surface area contributed by atoms with E-state index < -0.39 is 0 Å². The summed E-state index contributed by atoms with van der Waals surface area (Å²) in [7, 11) is 0. The third kappa shape index (κ3) is 2.84. The summed E-state index contributed by atoms with van der Waals surface area (Å²) in [5, 5.41) is 0. The molecule has 84 valence electrons. The van der Waals surface area contributed by atoms with E-state index in [0.717, 1.165) is 0 Å². The number of hydrogen-bond donors (Lipinski definition) is 0. The molecule has 0 aromatic heterocycles. The first-order valence-corrected chi connectivity index (χ1v) is 6.60. The van der Waals surface area contributed by atoms with Gasteiger partial charge in [0.15, 0.2) is 0 Å². The molecule has 0 fully saturated rings. The zero-order valence-electron chi connectivity index (χ0n) is 10.4. The average molecular weight is 269 g/mol. The minimum Gasteiger partial charge on any atom is -0.0836 e. The summed E-state index contributed by atoms with van der Waals surface area (Å²) in [5.74, 6) is 0.685. The van der Waals surface area contributed by atoms with Crippen molar-refractivity contribution in [1.82, 2.24) is 0 Å². The third-order valence-electron chi connectivity index (χ3n) is 3.16. The van der Waals surface area contributed by atoms with Crippen LogP contribution in [0.2, 0.25) is 0 Å². The van der Waals surface area contributed by atoms with Gasteiger partial charge in [0.25, 0.3) is 0 Å². The van der Waals surface area contributed by atoms with Crippen LogP contribution in [0.4, 0.5) is 0 Å². The lowest BCUT2D eigenvalue weighted by Crippen LogP contribution is -2.06. The first-order valence-electron chi connectivity index (χ1n) is 5.69. The zero-order chi connectivity index (χ0) is 11.6. The Balaban J connectivity index is 3.13. The van der Waals surface area contributed by atoms with Gasteiger partial charge in [-0.25, -0.2) is 0 Å². The molecule has 0 N–H and O–H groups in total. The number of aryl methyl sites for hydroxylation is 3. The Bertz CT molecular complexity index is 318. The Labute approximate surface area is 102 Å². The molecular formula is C14H21Br. The molecule has 1 heteroatoms. The Morgan fingerprint density at radius 1 is 1.13 bits per heavy atom. The quantitative estimate of drug-likeness (QED) is 0.670. The van der Waals surface area contributed by atoms with E-state index in [2.05, 4.69) is 62.7 Å². The van der Waals surface area contributed by atoms with Crippen molar-refractivity contribution < 1.29 is 0 Å². The van der Waals surface area contributed by atoms with Gasteiger partial charge < -0.3 is 0 Å². The molecule has 0 bridgehead atoms. The molecule has 1 aromatic carbocycles. The first-order chi connectivity index (χ1) is 6.97. The van der Waals surface area contributed by atoms with E-state index in [1.165, 1.54) is 28.7 Å². The van der Waals surface area contributed by atoms with Crippen molar-refractivity contribution >= 4 is 15.9 Å². The predicted molar refractivity (Wildman–Crippen MR) is 71.8 cm³/mol. The monoisotopic (exact) mass is 268 g/mol. The molecule has 0 spiro atoms. The van der Waals surface area contributed by atoms with Crippen LogP contribution in [-0.4, -0.2) is 0 Å². The number of rotatable bonds is 3. The van der Waals surface area contributed by atoms with E-state index in [9.17, 15) is 0 Å². The van der Waals surface area contributed by atoms with Crippen molar-refractivity contribution in [3.63, 3.8) is 0 Å². The summed E-state index contributed by atoms with van der Waals surface area (Å²) in [5.41, 5.74) is 5.66. The maximum Gasteiger partial charge on any atom is 0.0426 e. The van der Waals surface area contributed by atoms with Crippen LogP contribution in [0, 0.1) is 26.7 Å². The molecule has 0 saturated heterocycles. The lowest BCUT2D eigenvalue weighted by Gasteiger charge is -2.21. The number of alkyl halides is 1. The Hall–Kier alpha value is -0.300. The smallest absolute Gasteiger partial charge is 0.0426 e. The summed E-state index contributed by atoms with van der Waals surface area (Å²) < 4.78 is 0. The molecule has 0 aliphatic carbocycles. The van der Waals surface area contributed by atoms with Crippen molar-refractivity contribution in [2.24, 2.45) is 5.92 Å². The lowest BCUT2D eigenvalue weighted by molar-refractivity contribution is 0.552. The van der Waals surface area contributed by atoms with Gasteiger partial charge in [0, 0.05) is 4.83 Å². The van der Waals surface area contributed by atoms with Crippen LogP contribution < -0.4 is 0 Å². The molecule has 0 heterocycles. The van der Waals surface area contributed by atoms with Crippen LogP contribution in [0.15, 0.2) is 12.1 Å². The minimum absolute atomic E-state index is 0.489. The fourth-order valence-corrected chi connectivity index (χ4v) is 3.21. The maximum absolute atomic E-state index is 3.84. The number of halogens is 1. The highest BCUT2D eigenvalue weighted by Crippen LogP contribution is 2.36. The van der Waals surface area contributed by atoms with Gasteiger partial charge in [-0.15, -0.1) is 0 Å². The van der Waals surface area contributed by atoms with Crippen LogP contribution in [-0.2, 0) is 0 Å². The van der Waals surface area contributed by atoms with Gasteiger partial charge in [0.1, 0.15) is 0 Å². The second kappa shape index (κ2) is 5.16. The van der Waals surface area contributed by atoms with E-state index in [1.807, 2.05) is 0 Å². The van der Waals surface area contributed by atoms with Crippen LogP contribution in [0.25, 0.3) is 0 Å². The average Bonchev–Trinajstić information content (AvgIpc) is 2.14. The zero-order valence-corrected chi connectivity index (χ0v) is 12.0. The van der Waals surface area contributed by atoms with Gasteiger partial charge >= 0.3 is 0 Å². The molecule has 15 heavy (non-hydrogen) atoms. The highest BCUT2D eigenvalue weighted by Gasteiger charge is 2.18. The lowest BCUT2D eigenvalue weighted by atomic mass is 9.91. The largest absolute Gasteiger partial charge is 0.0836 e. The highest BCUT2D eigenvalue weighted by atomic mass is 79.9. The Morgan fingerprint density at radius 2 is 1.60 bits per heavy atom. The first kappa shape index (κ1) is 12.8. The van der Waals surface area contributed by atoms with E-state index >= 15 is 0 Å². The van der Waals surface area contributed by atoms with Gasteiger partial charge in [0.2, 0.25) is 0 Å². The molecule has 0 amide bonds. The normalized spacial score (nSPS) is 15.1. The molecule has 1 rings (SSSR count). The van der Waals surface area contributed by atoms with Crippen molar-refractivity contribution in [2.45, 2.75) is 45.9 Å². The summed E-state index contributed by atoms with van der Waals surface area (Å²) >= 11 is 3.84. The molecule has 0 nitrogen and oxygen atoms in total. The molecule has 1 aromatic rings. The van der Waals surface area contributed by atoms with E-state index in [1.54, 1.807) is 0 Å². The van der Waals surface area contributed by atoms with E-state index in [-0.39, 0.29) is 0 Å². The van der Waals surface area contributed by atoms with Crippen molar-refractivity contribution in [2.75, 3.05) is 0 Å². The van der Waals surface area contributed by atoms with E-state index in [0.29, 0.717) is 10.7 Å². The molecule has 2 atom stereocenters. The predicted octanol–water partition coefficient (Wildman–Crippen LogP) is 5.09. The van der Waals surface area contributed by atoms with Crippen molar-refractivity contribution in [3.05, 3.63) is 34.4 Å². The van der Waals surface area contributed by atoms with E-state index in [4.69, 9.17) is 0 Å². The fourth-order valence-electron chi connectivity index (χ4n) is 2.12. The van der Waals surface area contributed by atoms with Gasteiger partial charge in [-0.05, 0) is 43.4 Å². The molecular weight excluding hydrogens is 248 g/mol. The molecule has 0 saturated carbocycles. The van der Waals surface area contributed by atoms with Gasteiger partial charge in [-0.3, -0.25) is 0 Å². The van der Waals surface area contributed by atoms with Crippen LogP contribution in [0.5, 0.6) is 0 Å². The summed E-state index contributed by atoms with van der Waals surface area (Å²) in [6.45, 7) is 11.1. The van der Waals surface area contributed by atoms with Gasteiger partial charge in [-0.1, -0.05) is 53.9 Å².